The molecule has 0 unspecified atom stereocenters. The lowest BCUT2D eigenvalue weighted by Crippen LogP contribution is -2.49. The van der Waals surface area contributed by atoms with Crippen molar-refractivity contribution in [3.8, 4) is 17.2 Å². The summed E-state index contributed by atoms with van der Waals surface area (Å²) in [5.74, 6) is 0.403. The zero-order chi connectivity index (χ0) is 19.9. The molecule has 3 aromatic rings. The van der Waals surface area contributed by atoms with Gasteiger partial charge in [-0.1, -0.05) is 6.07 Å². The molecule has 0 saturated carbocycles. The van der Waals surface area contributed by atoms with E-state index in [0.717, 1.165) is 11.1 Å². The van der Waals surface area contributed by atoms with Crippen LogP contribution in [0.25, 0.3) is 16.5 Å². The lowest BCUT2D eigenvalue weighted by Gasteiger charge is -2.20. The number of hydrogen-bond donors (Lipinski definition) is 1. The van der Waals surface area contributed by atoms with Gasteiger partial charge in [-0.25, -0.2) is 0 Å². The summed E-state index contributed by atoms with van der Waals surface area (Å²) in [7, 11) is 0. The average Bonchev–Trinajstić information content (AvgIpc) is 2.75. The van der Waals surface area contributed by atoms with Gasteiger partial charge in [0.15, 0.2) is 12.4 Å². The molecule has 3 heterocycles. The van der Waals surface area contributed by atoms with Crippen LogP contribution in [0, 0.1) is 11.3 Å². The van der Waals surface area contributed by atoms with Gasteiger partial charge in [0.05, 0.1) is 11.5 Å². The minimum atomic E-state index is -0.954. The van der Waals surface area contributed by atoms with Crippen LogP contribution >= 0.6 is 0 Å². The Bertz CT molecular complexity index is 1050. The second kappa shape index (κ2) is 8.49. The summed E-state index contributed by atoms with van der Waals surface area (Å²) in [4.78, 5) is 20.4. The third-order valence-electron chi connectivity index (χ3n) is 4.39. The maximum Gasteiger partial charge on any atom is 0.287 e. The molecule has 0 saturated heterocycles. The Hall–Kier alpha value is -4.14. The molecule has 2 N–H and O–H groups in total. The van der Waals surface area contributed by atoms with E-state index in [1.165, 1.54) is 6.20 Å². The predicted octanol–water partition coefficient (Wildman–Crippen LogP) is 1.93. The molecule has 2 atom stereocenters. The molecule has 7 heteroatoms. The van der Waals surface area contributed by atoms with Gasteiger partial charge in [-0.2, -0.15) is 9.83 Å². The standard InChI is InChI=1S/C21H16N6O/c22-12-18(13-23)19(17-2-1-7-26-14-17)20(21(24)28)27-10-5-16(6-11-27)15-3-8-25-9-4-15/h1-11,14,19-20H,(H2,24,28)/t19-,20-/m1/s1. The van der Waals surface area contributed by atoms with Crippen LogP contribution in [-0.4, -0.2) is 21.7 Å². The quantitative estimate of drug-likeness (QED) is 0.406. The smallest absolute Gasteiger partial charge is 0.287 e. The Morgan fingerprint density at radius 3 is 2.29 bits per heavy atom. The average molecular weight is 368 g/mol. The molecule has 0 bridgehead atoms. The molecular formula is C21H16N6O. The number of nitrogens with two attached hydrogens (primary N) is 1. The van der Waals surface area contributed by atoms with Crippen LogP contribution in [0.15, 0.2) is 79.2 Å². The van der Waals surface area contributed by atoms with Gasteiger partial charge >= 0.3 is 0 Å². The molecule has 7 nitrogen and oxygen atoms in total. The van der Waals surface area contributed by atoms with E-state index in [2.05, 4.69) is 9.97 Å². The van der Waals surface area contributed by atoms with Crippen molar-refractivity contribution in [3.63, 3.8) is 0 Å². The number of nitrogens with zero attached hydrogens (tertiary/aromatic N) is 5. The highest BCUT2D eigenvalue weighted by molar-refractivity contribution is 5.81. The molecule has 3 rings (SSSR count). The van der Waals surface area contributed by atoms with Crippen molar-refractivity contribution in [1.82, 2.24) is 9.97 Å². The zero-order valence-electron chi connectivity index (χ0n) is 14.8. The fraction of sp³-hybridized carbons (Fsp3) is 0.0952. The van der Waals surface area contributed by atoms with E-state index < -0.39 is 17.9 Å². The Labute approximate surface area is 161 Å². The molecule has 0 aliphatic heterocycles. The minimum Gasteiger partial charge on any atom is -0.762 e. The summed E-state index contributed by atoms with van der Waals surface area (Å²) in [6.45, 7) is 0. The first-order valence-electron chi connectivity index (χ1n) is 8.43. The maximum absolute atomic E-state index is 12.3. The highest BCUT2D eigenvalue weighted by Crippen LogP contribution is 2.31. The third kappa shape index (κ3) is 3.83. The zero-order valence-corrected chi connectivity index (χ0v) is 14.8. The van der Waals surface area contributed by atoms with E-state index in [1.54, 1.807) is 47.7 Å². The number of rotatable bonds is 6. The number of primary amides is 1. The van der Waals surface area contributed by atoms with Gasteiger partial charge in [-0.15, -0.1) is 0 Å². The first kappa shape index (κ1) is 18.6. The molecule has 0 aliphatic carbocycles. The van der Waals surface area contributed by atoms with Crippen molar-refractivity contribution in [2.24, 2.45) is 5.73 Å². The van der Waals surface area contributed by atoms with Gasteiger partial charge in [-0.05, 0) is 34.9 Å². The molecule has 0 aromatic carbocycles. The van der Waals surface area contributed by atoms with Gasteiger partial charge < -0.3 is 11.1 Å². The fourth-order valence-corrected chi connectivity index (χ4v) is 3.07. The van der Waals surface area contributed by atoms with Gasteiger partial charge in [-0.3, -0.25) is 20.6 Å². The number of hydrogen-bond acceptors (Lipinski definition) is 4. The highest BCUT2D eigenvalue weighted by Gasteiger charge is 2.38. The monoisotopic (exact) mass is 368 g/mol. The Kier molecular flexibility index (Phi) is 5.66. The molecule has 0 radical (unpaired) electrons. The SMILES string of the molecule is N#CC(=C=[N-])[C@@H](c1cccnc1)[C@H](C(N)=O)[n+]1ccc(-c2ccncc2)cc1. The maximum atomic E-state index is 12.3. The second-order valence-corrected chi connectivity index (χ2v) is 6.02. The molecule has 28 heavy (non-hydrogen) atoms. The first-order valence-corrected chi connectivity index (χ1v) is 8.43. The van der Waals surface area contributed by atoms with Crippen LogP contribution < -0.4 is 10.3 Å². The Balaban J connectivity index is 2.07. The van der Waals surface area contributed by atoms with Crippen molar-refractivity contribution in [2.75, 3.05) is 0 Å². The summed E-state index contributed by atoms with van der Waals surface area (Å²) < 4.78 is 1.61. The topological polar surface area (TPSA) is 119 Å². The van der Waals surface area contributed by atoms with Crippen molar-refractivity contribution in [1.29, 1.82) is 5.26 Å². The van der Waals surface area contributed by atoms with E-state index in [4.69, 9.17) is 5.73 Å². The number of nitriles is 1. The van der Waals surface area contributed by atoms with Crippen molar-refractivity contribution in [3.05, 3.63) is 90.1 Å². The largest absolute Gasteiger partial charge is 0.762 e. The minimum absolute atomic E-state index is 0.109. The lowest BCUT2D eigenvalue weighted by molar-refractivity contribution is -0.711. The first-order chi connectivity index (χ1) is 13.7. The van der Waals surface area contributed by atoms with Crippen LogP contribution in [0.4, 0.5) is 0 Å². The summed E-state index contributed by atoms with van der Waals surface area (Å²) in [6, 6.07) is 11.8. The van der Waals surface area contributed by atoms with Gasteiger partial charge in [0.1, 0.15) is 6.07 Å². The summed E-state index contributed by atoms with van der Waals surface area (Å²) in [6.07, 6.45) is 9.92. The lowest BCUT2D eigenvalue weighted by atomic mass is 9.86. The molecule has 0 fully saturated rings. The number of amides is 1. The van der Waals surface area contributed by atoms with E-state index in [9.17, 15) is 15.5 Å². The van der Waals surface area contributed by atoms with Crippen LogP contribution in [-0.2, 0) is 4.79 Å². The van der Waals surface area contributed by atoms with Crippen LogP contribution in [0.1, 0.15) is 17.5 Å². The fourth-order valence-electron chi connectivity index (χ4n) is 3.07. The van der Waals surface area contributed by atoms with Crippen molar-refractivity contribution in [2.45, 2.75) is 12.0 Å². The van der Waals surface area contributed by atoms with Gasteiger partial charge in [0, 0.05) is 36.9 Å². The third-order valence-corrected chi connectivity index (χ3v) is 4.39. The second-order valence-electron chi connectivity index (χ2n) is 6.02. The van der Waals surface area contributed by atoms with E-state index in [1.807, 2.05) is 36.2 Å². The number of carbonyl (C=O) groups is 1. The summed E-state index contributed by atoms with van der Waals surface area (Å²) >= 11 is 0. The van der Waals surface area contributed by atoms with Crippen LogP contribution in [0.5, 0.6) is 0 Å². The predicted molar refractivity (Wildman–Crippen MR) is 103 cm³/mol. The number of allylic oxidation sites excluding steroid dienone is 1. The summed E-state index contributed by atoms with van der Waals surface area (Å²) in [5, 5.41) is 18.9. The summed E-state index contributed by atoms with van der Waals surface area (Å²) in [5.41, 5.74) is 8.05. The van der Waals surface area contributed by atoms with Crippen molar-refractivity contribution >= 4 is 11.8 Å². The van der Waals surface area contributed by atoms with E-state index >= 15 is 0 Å². The molecular weight excluding hydrogens is 352 g/mol. The Morgan fingerprint density at radius 2 is 1.75 bits per heavy atom. The Morgan fingerprint density at radius 1 is 1.07 bits per heavy atom. The van der Waals surface area contributed by atoms with E-state index in [-0.39, 0.29) is 5.57 Å². The molecule has 1 amide bonds. The molecule has 3 aromatic heterocycles. The molecule has 0 spiro atoms. The normalized spacial score (nSPS) is 12.2. The van der Waals surface area contributed by atoms with Gasteiger partial charge in [0.25, 0.3) is 5.91 Å². The van der Waals surface area contributed by atoms with Crippen LogP contribution in [0.2, 0.25) is 0 Å². The van der Waals surface area contributed by atoms with E-state index in [0.29, 0.717) is 5.56 Å². The highest BCUT2D eigenvalue weighted by atomic mass is 16.1. The number of pyridine rings is 3. The molecule has 0 aliphatic rings. The number of aromatic nitrogens is 3. The molecule has 136 valence electrons. The number of carbonyl (C=O) groups excluding carboxylic acids is 1. The van der Waals surface area contributed by atoms with Gasteiger partial charge in [0.2, 0.25) is 6.04 Å². The van der Waals surface area contributed by atoms with Crippen molar-refractivity contribution < 1.29 is 9.36 Å². The van der Waals surface area contributed by atoms with Crippen LogP contribution in [0.3, 0.4) is 0 Å².